The van der Waals surface area contributed by atoms with E-state index in [0.717, 1.165) is 19.6 Å². The van der Waals surface area contributed by atoms with Crippen molar-refractivity contribution >= 4 is 5.91 Å². The minimum absolute atomic E-state index is 0.221. The minimum Gasteiger partial charge on any atom is -0.354 e. The maximum Gasteiger partial charge on any atom is 0.244 e. The van der Waals surface area contributed by atoms with Crippen molar-refractivity contribution in [2.45, 2.75) is 12.0 Å². The molecule has 3 aliphatic heterocycles. The van der Waals surface area contributed by atoms with Crippen LogP contribution >= 0.6 is 0 Å². The number of nitrogens with one attached hydrogen (secondary N) is 1. The van der Waals surface area contributed by atoms with Crippen LogP contribution in [0.15, 0.2) is 12.2 Å². The van der Waals surface area contributed by atoms with E-state index in [2.05, 4.69) is 22.4 Å². The van der Waals surface area contributed by atoms with Gasteiger partial charge in [0.2, 0.25) is 5.91 Å². The third-order valence-corrected chi connectivity index (χ3v) is 3.46. The first-order valence-corrected chi connectivity index (χ1v) is 4.55. The van der Waals surface area contributed by atoms with E-state index in [-0.39, 0.29) is 11.4 Å². The van der Waals surface area contributed by atoms with Crippen LogP contribution in [0.3, 0.4) is 0 Å². The molecular formula is C9H12N2O. The molecule has 3 nitrogen and oxygen atoms in total. The Bertz CT molecular complexity index is 274. The van der Waals surface area contributed by atoms with Crippen LogP contribution in [0.4, 0.5) is 0 Å². The fraction of sp³-hybridized carbons (Fsp3) is 0.667. The molecule has 3 heteroatoms. The second-order valence-electron chi connectivity index (χ2n) is 3.87. The molecule has 0 radical (unpaired) electrons. The van der Waals surface area contributed by atoms with Gasteiger partial charge >= 0.3 is 0 Å². The van der Waals surface area contributed by atoms with Crippen LogP contribution in [0.25, 0.3) is 0 Å². The monoisotopic (exact) mass is 164 g/mol. The van der Waals surface area contributed by atoms with Gasteiger partial charge in [-0.25, -0.2) is 0 Å². The van der Waals surface area contributed by atoms with E-state index >= 15 is 0 Å². The lowest BCUT2D eigenvalue weighted by Gasteiger charge is -2.27. The van der Waals surface area contributed by atoms with Crippen LogP contribution < -0.4 is 5.32 Å². The maximum absolute atomic E-state index is 11.7. The summed E-state index contributed by atoms with van der Waals surface area (Å²) in [5.74, 6) is 0.752. The van der Waals surface area contributed by atoms with Gasteiger partial charge in [-0.15, -0.1) is 0 Å². The highest BCUT2D eigenvalue weighted by molar-refractivity contribution is 5.92. The van der Waals surface area contributed by atoms with E-state index in [1.165, 1.54) is 6.42 Å². The van der Waals surface area contributed by atoms with Crippen molar-refractivity contribution in [2.24, 2.45) is 5.92 Å². The Labute approximate surface area is 71.4 Å². The van der Waals surface area contributed by atoms with Gasteiger partial charge in [0.1, 0.15) is 5.54 Å². The van der Waals surface area contributed by atoms with Crippen LogP contribution in [0.5, 0.6) is 0 Å². The fourth-order valence-electron chi connectivity index (χ4n) is 2.84. The van der Waals surface area contributed by atoms with Crippen LogP contribution in [-0.2, 0) is 4.79 Å². The molecule has 1 spiro atoms. The molecule has 0 aromatic carbocycles. The number of amides is 1. The van der Waals surface area contributed by atoms with Gasteiger partial charge in [0.05, 0.1) is 0 Å². The van der Waals surface area contributed by atoms with E-state index < -0.39 is 0 Å². The summed E-state index contributed by atoms with van der Waals surface area (Å²) in [5.41, 5.74) is -0.222. The van der Waals surface area contributed by atoms with Crippen LogP contribution in [0.2, 0.25) is 0 Å². The first-order valence-electron chi connectivity index (χ1n) is 4.55. The molecule has 1 amide bonds. The van der Waals surface area contributed by atoms with Crippen LogP contribution in [-0.4, -0.2) is 36.0 Å². The molecule has 12 heavy (non-hydrogen) atoms. The number of carbonyl (C=O) groups is 1. The second kappa shape index (κ2) is 1.91. The molecule has 0 saturated carbocycles. The summed E-state index contributed by atoms with van der Waals surface area (Å²) < 4.78 is 0. The van der Waals surface area contributed by atoms with Gasteiger partial charge < -0.3 is 5.32 Å². The molecule has 0 bridgehead atoms. The molecule has 2 atom stereocenters. The number of rotatable bonds is 0. The highest BCUT2D eigenvalue weighted by Gasteiger charge is 2.57. The van der Waals surface area contributed by atoms with Gasteiger partial charge in [-0.3, -0.25) is 9.69 Å². The van der Waals surface area contributed by atoms with Gasteiger partial charge in [-0.2, -0.15) is 0 Å². The zero-order valence-corrected chi connectivity index (χ0v) is 6.92. The Balaban J connectivity index is 2.11. The van der Waals surface area contributed by atoms with Gasteiger partial charge in [0.25, 0.3) is 0 Å². The average Bonchev–Trinajstić information content (AvgIpc) is 2.63. The molecule has 3 aliphatic rings. The summed E-state index contributed by atoms with van der Waals surface area (Å²) in [6.45, 7) is 2.93. The van der Waals surface area contributed by atoms with E-state index in [0.29, 0.717) is 5.92 Å². The van der Waals surface area contributed by atoms with Gasteiger partial charge in [0.15, 0.2) is 0 Å². The van der Waals surface area contributed by atoms with Crippen molar-refractivity contribution in [3.63, 3.8) is 0 Å². The predicted molar refractivity (Wildman–Crippen MR) is 44.6 cm³/mol. The highest BCUT2D eigenvalue weighted by Crippen LogP contribution is 2.42. The lowest BCUT2D eigenvalue weighted by Crippen LogP contribution is -2.48. The first-order chi connectivity index (χ1) is 5.84. The molecule has 1 N–H and O–H groups in total. The number of hydrogen-bond donors (Lipinski definition) is 1. The first kappa shape index (κ1) is 6.66. The van der Waals surface area contributed by atoms with Gasteiger partial charge in [0, 0.05) is 25.6 Å². The molecule has 3 heterocycles. The summed E-state index contributed by atoms with van der Waals surface area (Å²) in [7, 11) is 0. The van der Waals surface area contributed by atoms with Crippen molar-refractivity contribution in [3.05, 3.63) is 12.2 Å². The van der Waals surface area contributed by atoms with Crippen LogP contribution in [0, 0.1) is 5.92 Å². The molecule has 2 unspecified atom stereocenters. The Kier molecular flexibility index (Phi) is 1.06. The molecule has 0 aromatic rings. The van der Waals surface area contributed by atoms with E-state index in [1.54, 1.807) is 0 Å². The lowest BCUT2D eigenvalue weighted by molar-refractivity contribution is -0.126. The average molecular weight is 164 g/mol. The third-order valence-electron chi connectivity index (χ3n) is 3.46. The molecule has 3 rings (SSSR count). The summed E-state index contributed by atoms with van der Waals surface area (Å²) in [4.78, 5) is 13.9. The summed E-state index contributed by atoms with van der Waals surface area (Å²) in [6, 6.07) is 0. The SMILES string of the molecule is O=C1NCC2CCN3CC=CC123. The Morgan fingerprint density at radius 1 is 1.67 bits per heavy atom. The smallest absolute Gasteiger partial charge is 0.244 e. The summed E-state index contributed by atoms with van der Waals surface area (Å²) >= 11 is 0. The third kappa shape index (κ3) is 0.524. The number of hydrogen-bond acceptors (Lipinski definition) is 2. The predicted octanol–water partition coefficient (Wildman–Crippen LogP) is -0.253. The van der Waals surface area contributed by atoms with E-state index in [4.69, 9.17) is 0 Å². The summed E-state index contributed by atoms with van der Waals surface area (Å²) in [5, 5.41) is 2.95. The Morgan fingerprint density at radius 2 is 2.58 bits per heavy atom. The zero-order valence-electron chi connectivity index (χ0n) is 6.92. The largest absolute Gasteiger partial charge is 0.354 e. The molecule has 0 aromatic heterocycles. The second-order valence-corrected chi connectivity index (χ2v) is 3.87. The molecule has 2 saturated heterocycles. The van der Waals surface area contributed by atoms with Crippen LogP contribution in [0.1, 0.15) is 6.42 Å². The lowest BCUT2D eigenvalue weighted by atomic mass is 9.89. The van der Waals surface area contributed by atoms with Gasteiger partial charge in [-0.1, -0.05) is 12.2 Å². The Hall–Kier alpha value is -0.830. The van der Waals surface area contributed by atoms with Crippen molar-refractivity contribution in [2.75, 3.05) is 19.6 Å². The van der Waals surface area contributed by atoms with Crippen molar-refractivity contribution < 1.29 is 4.79 Å². The maximum atomic E-state index is 11.7. The molecule has 2 fully saturated rings. The van der Waals surface area contributed by atoms with Crippen molar-refractivity contribution in [1.82, 2.24) is 10.2 Å². The molecule has 0 aliphatic carbocycles. The van der Waals surface area contributed by atoms with Crippen molar-refractivity contribution in [1.29, 1.82) is 0 Å². The highest BCUT2D eigenvalue weighted by atomic mass is 16.2. The van der Waals surface area contributed by atoms with E-state index in [1.807, 2.05) is 0 Å². The quantitative estimate of drug-likeness (QED) is 0.501. The number of nitrogens with zero attached hydrogens (tertiary/aromatic N) is 1. The standard InChI is InChI=1S/C9H12N2O/c12-8-9-3-1-4-11(9)5-2-7(9)6-10-8/h1,3,7H,2,4-6H2,(H,10,12). The minimum atomic E-state index is -0.222. The van der Waals surface area contributed by atoms with E-state index in [9.17, 15) is 4.79 Å². The summed E-state index contributed by atoms with van der Waals surface area (Å²) in [6.07, 6.45) is 5.40. The van der Waals surface area contributed by atoms with Gasteiger partial charge in [-0.05, 0) is 6.42 Å². The number of carbonyl (C=O) groups excluding carboxylic acids is 1. The molecule has 64 valence electrons. The normalized spacial score (nSPS) is 44.7. The zero-order chi connectivity index (χ0) is 8.18. The fourth-order valence-corrected chi connectivity index (χ4v) is 2.84. The Morgan fingerprint density at radius 3 is 3.50 bits per heavy atom. The van der Waals surface area contributed by atoms with Crippen molar-refractivity contribution in [3.8, 4) is 0 Å². The topological polar surface area (TPSA) is 32.3 Å². The molecular weight excluding hydrogens is 152 g/mol.